The lowest BCUT2D eigenvalue weighted by Gasteiger charge is -2.06. The van der Waals surface area contributed by atoms with Crippen molar-refractivity contribution in [2.24, 2.45) is 0 Å². The molecule has 0 atom stereocenters. The molecule has 3 heteroatoms. The van der Waals surface area contributed by atoms with Gasteiger partial charge in [0.15, 0.2) is 0 Å². The van der Waals surface area contributed by atoms with Crippen LogP contribution in [0.3, 0.4) is 0 Å². The molecule has 0 aliphatic rings. The summed E-state index contributed by atoms with van der Waals surface area (Å²) in [6.07, 6.45) is 0. The summed E-state index contributed by atoms with van der Waals surface area (Å²) >= 11 is 6.11. The number of nitriles is 1. The first-order valence-corrected chi connectivity index (χ1v) is 4.98. The van der Waals surface area contributed by atoms with Gasteiger partial charge in [-0.25, -0.2) is 4.98 Å². The smallest absolute Gasteiger partial charge is 0.141 e. The summed E-state index contributed by atoms with van der Waals surface area (Å²) in [6.45, 7) is 3.91. The van der Waals surface area contributed by atoms with Crippen LogP contribution in [0.1, 0.15) is 16.8 Å². The van der Waals surface area contributed by atoms with Gasteiger partial charge < -0.3 is 0 Å². The third-order valence-corrected chi connectivity index (χ3v) is 2.74. The Labute approximate surface area is 93.1 Å². The first kappa shape index (κ1) is 9.95. The van der Waals surface area contributed by atoms with Crippen molar-refractivity contribution in [3.8, 4) is 6.07 Å². The lowest BCUT2D eigenvalue weighted by atomic mass is 10.1. The Hall–Kier alpha value is -1.59. The van der Waals surface area contributed by atoms with Crippen molar-refractivity contribution >= 4 is 22.5 Å². The fraction of sp³-hybridized carbons (Fsp3) is 0.167. The molecule has 0 unspecified atom stereocenters. The number of rotatable bonds is 0. The van der Waals surface area contributed by atoms with Crippen molar-refractivity contribution in [2.45, 2.75) is 13.8 Å². The lowest BCUT2D eigenvalue weighted by Crippen LogP contribution is -1.91. The average Bonchev–Trinajstić information content (AvgIpc) is 2.23. The van der Waals surface area contributed by atoms with Crippen LogP contribution >= 0.6 is 11.6 Å². The zero-order valence-electron chi connectivity index (χ0n) is 8.50. The van der Waals surface area contributed by atoms with E-state index in [1.165, 1.54) is 0 Å². The predicted molar refractivity (Wildman–Crippen MR) is 60.9 cm³/mol. The van der Waals surface area contributed by atoms with Gasteiger partial charge in [0.2, 0.25) is 0 Å². The van der Waals surface area contributed by atoms with E-state index in [1.807, 2.05) is 26.0 Å². The van der Waals surface area contributed by atoms with Gasteiger partial charge in [0, 0.05) is 5.39 Å². The van der Waals surface area contributed by atoms with Gasteiger partial charge >= 0.3 is 0 Å². The summed E-state index contributed by atoms with van der Waals surface area (Å²) in [6, 6.07) is 7.59. The number of fused-ring (bicyclic) bond motifs is 1. The normalized spacial score (nSPS) is 10.3. The number of benzene rings is 1. The second-order valence-corrected chi connectivity index (χ2v) is 3.93. The number of aryl methyl sites for hydroxylation is 2. The standard InChI is InChI=1S/C12H9ClN2/c1-7-3-4-10(13)11-8(2)5-9(6-14)15-12(7)11/h3-5H,1-2H3. The molecule has 0 fully saturated rings. The molecule has 1 heterocycles. The lowest BCUT2D eigenvalue weighted by molar-refractivity contribution is 1.28. The number of pyridine rings is 1. The first-order valence-electron chi connectivity index (χ1n) is 4.60. The highest BCUT2D eigenvalue weighted by atomic mass is 35.5. The summed E-state index contributed by atoms with van der Waals surface area (Å²) in [4.78, 5) is 4.27. The number of hydrogen-bond donors (Lipinski definition) is 0. The molecule has 0 radical (unpaired) electrons. The molecule has 1 aromatic carbocycles. The molecule has 2 rings (SSSR count). The molecule has 0 aliphatic carbocycles. The van der Waals surface area contributed by atoms with Crippen LogP contribution in [0.4, 0.5) is 0 Å². The molecule has 0 spiro atoms. The molecular formula is C12H9ClN2. The fourth-order valence-corrected chi connectivity index (χ4v) is 1.98. The van der Waals surface area contributed by atoms with E-state index in [0.29, 0.717) is 10.7 Å². The quantitative estimate of drug-likeness (QED) is 0.677. The van der Waals surface area contributed by atoms with E-state index in [4.69, 9.17) is 16.9 Å². The third-order valence-electron chi connectivity index (χ3n) is 2.42. The average molecular weight is 217 g/mol. The maximum Gasteiger partial charge on any atom is 0.141 e. The third kappa shape index (κ3) is 1.55. The van der Waals surface area contributed by atoms with Gasteiger partial charge in [0.05, 0.1) is 10.5 Å². The van der Waals surface area contributed by atoms with Crippen molar-refractivity contribution in [1.82, 2.24) is 4.98 Å². The summed E-state index contributed by atoms with van der Waals surface area (Å²) in [5, 5.41) is 10.5. The molecule has 1 aromatic heterocycles. The Morgan fingerprint density at radius 1 is 1.27 bits per heavy atom. The predicted octanol–water partition coefficient (Wildman–Crippen LogP) is 3.38. The van der Waals surface area contributed by atoms with E-state index in [-0.39, 0.29) is 0 Å². The van der Waals surface area contributed by atoms with Crippen LogP contribution in [0.15, 0.2) is 18.2 Å². The summed E-state index contributed by atoms with van der Waals surface area (Å²) in [7, 11) is 0. The van der Waals surface area contributed by atoms with E-state index >= 15 is 0 Å². The Bertz CT molecular complexity index is 582. The topological polar surface area (TPSA) is 36.7 Å². The fourth-order valence-electron chi connectivity index (χ4n) is 1.68. The van der Waals surface area contributed by atoms with Crippen LogP contribution in [0, 0.1) is 25.2 Å². The highest BCUT2D eigenvalue weighted by Crippen LogP contribution is 2.28. The zero-order valence-corrected chi connectivity index (χ0v) is 9.26. The number of halogens is 1. The number of aromatic nitrogens is 1. The van der Waals surface area contributed by atoms with Gasteiger partial charge in [0.25, 0.3) is 0 Å². The molecule has 0 aliphatic heterocycles. The number of hydrogen-bond acceptors (Lipinski definition) is 2. The van der Waals surface area contributed by atoms with E-state index in [9.17, 15) is 0 Å². The van der Waals surface area contributed by atoms with Gasteiger partial charge in [-0.05, 0) is 37.1 Å². The molecule has 0 saturated heterocycles. The number of nitrogens with zero attached hydrogens (tertiary/aromatic N) is 2. The van der Waals surface area contributed by atoms with Crippen molar-refractivity contribution in [3.05, 3.63) is 40.0 Å². The van der Waals surface area contributed by atoms with Crippen LogP contribution in [0.5, 0.6) is 0 Å². The minimum Gasteiger partial charge on any atom is -0.237 e. The van der Waals surface area contributed by atoms with E-state index in [2.05, 4.69) is 11.1 Å². The molecule has 0 saturated carbocycles. The Morgan fingerprint density at radius 3 is 2.67 bits per heavy atom. The molecular weight excluding hydrogens is 208 g/mol. The van der Waals surface area contributed by atoms with Crippen molar-refractivity contribution in [1.29, 1.82) is 5.26 Å². The monoisotopic (exact) mass is 216 g/mol. The summed E-state index contributed by atoms with van der Waals surface area (Å²) in [5.74, 6) is 0. The maximum absolute atomic E-state index is 8.84. The van der Waals surface area contributed by atoms with Crippen LogP contribution in [0.25, 0.3) is 10.9 Å². The summed E-state index contributed by atoms with van der Waals surface area (Å²) in [5.41, 5.74) is 3.28. The highest BCUT2D eigenvalue weighted by molar-refractivity contribution is 6.35. The maximum atomic E-state index is 8.84. The molecule has 74 valence electrons. The molecule has 0 N–H and O–H groups in total. The second kappa shape index (κ2) is 3.52. The van der Waals surface area contributed by atoms with Crippen LogP contribution in [0.2, 0.25) is 5.02 Å². The van der Waals surface area contributed by atoms with Gasteiger partial charge in [-0.3, -0.25) is 0 Å². The molecule has 2 nitrogen and oxygen atoms in total. The SMILES string of the molecule is Cc1ccc(Cl)c2c(C)cc(C#N)nc12. The minimum absolute atomic E-state index is 0.436. The zero-order chi connectivity index (χ0) is 11.0. The Balaban J connectivity index is 2.98. The second-order valence-electron chi connectivity index (χ2n) is 3.52. The van der Waals surface area contributed by atoms with Crippen LogP contribution < -0.4 is 0 Å². The molecule has 0 amide bonds. The van der Waals surface area contributed by atoms with Gasteiger partial charge in [0.1, 0.15) is 11.8 Å². The van der Waals surface area contributed by atoms with E-state index in [0.717, 1.165) is 22.0 Å². The molecule has 0 bridgehead atoms. The van der Waals surface area contributed by atoms with Crippen molar-refractivity contribution in [2.75, 3.05) is 0 Å². The van der Waals surface area contributed by atoms with Crippen molar-refractivity contribution in [3.63, 3.8) is 0 Å². The van der Waals surface area contributed by atoms with E-state index in [1.54, 1.807) is 6.07 Å². The Kier molecular flexibility index (Phi) is 2.34. The van der Waals surface area contributed by atoms with Crippen LogP contribution in [-0.2, 0) is 0 Å². The molecule has 15 heavy (non-hydrogen) atoms. The van der Waals surface area contributed by atoms with Gasteiger partial charge in [-0.2, -0.15) is 5.26 Å². The minimum atomic E-state index is 0.436. The van der Waals surface area contributed by atoms with E-state index < -0.39 is 0 Å². The van der Waals surface area contributed by atoms with Gasteiger partial charge in [-0.1, -0.05) is 17.7 Å². The largest absolute Gasteiger partial charge is 0.237 e. The Morgan fingerprint density at radius 2 is 2.00 bits per heavy atom. The highest BCUT2D eigenvalue weighted by Gasteiger charge is 2.08. The molecule has 2 aromatic rings. The van der Waals surface area contributed by atoms with Crippen molar-refractivity contribution < 1.29 is 0 Å². The first-order chi connectivity index (χ1) is 7.13. The van der Waals surface area contributed by atoms with Gasteiger partial charge in [-0.15, -0.1) is 0 Å². The summed E-state index contributed by atoms with van der Waals surface area (Å²) < 4.78 is 0. The van der Waals surface area contributed by atoms with Crippen LogP contribution in [-0.4, -0.2) is 4.98 Å².